The number of aryl methyl sites for hydroxylation is 1. The zero-order valence-corrected chi connectivity index (χ0v) is 35.1. The average Bonchev–Trinajstić information content (AvgIpc) is 4.12. The van der Waals surface area contributed by atoms with Crippen molar-refractivity contribution >= 4 is 44.6 Å². The molecule has 2 aromatic rings. The molecule has 9 atom stereocenters. The van der Waals surface area contributed by atoms with Gasteiger partial charge >= 0.3 is 5.97 Å². The summed E-state index contributed by atoms with van der Waals surface area (Å²) in [5, 5.41) is -0.735. The fourth-order valence-corrected chi connectivity index (χ4v) is 11.6. The Labute approximate surface area is 344 Å². The van der Waals surface area contributed by atoms with Crippen LogP contribution in [-0.4, -0.2) is 90.4 Å². The van der Waals surface area contributed by atoms with Crippen LogP contribution in [0.2, 0.25) is 0 Å². The van der Waals surface area contributed by atoms with E-state index >= 15 is 0 Å². The molecule has 1 saturated heterocycles. The Morgan fingerprint density at radius 1 is 1.02 bits per heavy atom. The van der Waals surface area contributed by atoms with Crippen molar-refractivity contribution < 1.29 is 50.6 Å². The summed E-state index contributed by atoms with van der Waals surface area (Å²) in [6.45, 7) is 5.51. The predicted molar refractivity (Wildman–Crippen MR) is 211 cm³/mol. The molecule has 6 aliphatic rings. The minimum absolute atomic E-state index is 0.00668. The van der Waals surface area contributed by atoms with Gasteiger partial charge in [-0.2, -0.15) is 0 Å². The number of carbonyl (C=O) groups is 4. The van der Waals surface area contributed by atoms with E-state index in [1.807, 2.05) is 32.9 Å². The Morgan fingerprint density at radius 3 is 2.51 bits per heavy atom. The smallest absolute Gasteiger partial charge is 0.306 e. The lowest BCUT2D eigenvalue weighted by molar-refractivity contribution is -0.158. The summed E-state index contributed by atoms with van der Waals surface area (Å²) in [5.41, 5.74) is -0.580. The Hall–Kier alpha value is -3.95. The number of nitrogens with one attached hydrogen (secondary N) is 1. The standard InChI is InChI=1S/C43H56F2N4O9S/c1-42(2,3)30-19-38(51)58-36-15-23-14-29(23)28(36)8-6-5-7-9-32-39(47-33-17-25(56-4)10-13-31(33)46-32)57-26-18-34(49(22-26)40(30)52)35(50)21-43(20-24(43)16-37(44)45)41(53)48-59(54,55)27-11-12-27/h10,13,17,23-24,26-30,34,36-37H,5-9,11-12,14-16,18-22H2,1-4H3,(H,48,53)/t23-,24+,26+,28+,29-,30+,34-,36+,43+/m0/s1. The number of halogens is 2. The van der Waals surface area contributed by atoms with Gasteiger partial charge in [0.2, 0.25) is 34.1 Å². The Bertz CT molecular complexity index is 2110. The van der Waals surface area contributed by atoms with Crippen LogP contribution >= 0.6 is 0 Å². The number of fused-ring (bicyclic) bond motifs is 7. The number of hydrogen-bond donors (Lipinski definition) is 1. The number of ketones is 1. The van der Waals surface area contributed by atoms with E-state index in [2.05, 4.69) is 4.72 Å². The highest BCUT2D eigenvalue weighted by molar-refractivity contribution is 7.90. The third kappa shape index (κ3) is 8.79. The zero-order valence-electron chi connectivity index (χ0n) is 34.3. The van der Waals surface area contributed by atoms with Crippen molar-refractivity contribution in [2.75, 3.05) is 13.7 Å². The molecule has 5 fully saturated rings. The van der Waals surface area contributed by atoms with Gasteiger partial charge in [-0.3, -0.25) is 23.9 Å². The van der Waals surface area contributed by atoms with Crippen molar-refractivity contribution in [1.29, 1.82) is 0 Å². The van der Waals surface area contributed by atoms with E-state index < -0.39 is 92.9 Å². The van der Waals surface area contributed by atoms with Crippen molar-refractivity contribution in [2.45, 2.75) is 141 Å². The molecule has 322 valence electrons. The monoisotopic (exact) mass is 842 g/mol. The number of sulfonamides is 1. The van der Waals surface area contributed by atoms with Gasteiger partial charge in [0.1, 0.15) is 23.7 Å². The third-order valence-electron chi connectivity index (χ3n) is 13.9. The van der Waals surface area contributed by atoms with Crippen LogP contribution in [0.3, 0.4) is 0 Å². The number of esters is 1. The van der Waals surface area contributed by atoms with Gasteiger partial charge in [0.25, 0.3) is 0 Å². The number of rotatable bonds is 9. The second kappa shape index (κ2) is 15.8. The van der Waals surface area contributed by atoms with Crippen LogP contribution in [0.1, 0.15) is 110 Å². The predicted octanol–water partition coefficient (Wildman–Crippen LogP) is 5.95. The maximum absolute atomic E-state index is 14.9. The number of methoxy groups -OCH3 is 1. The van der Waals surface area contributed by atoms with Crippen LogP contribution in [0, 0.1) is 40.4 Å². The number of alkyl halides is 2. The average molecular weight is 843 g/mol. The van der Waals surface area contributed by atoms with Crippen LogP contribution in [0.25, 0.3) is 11.0 Å². The van der Waals surface area contributed by atoms with Crippen LogP contribution in [-0.2, 0) is 40.4 Å². The minimum Gasteiger partial charge on any atom is -0.497 e. The molecule has 2 bridgehead atoms. The van der Waals surface area contributed by atoms with Crippen molar-refractivity contribution in [1.82, 2.24) is 19.6 Å². The molecule has 13 nitrogen and oxygen atoms in total. The maximum Gasteiger partial charge on any atom is 0.306 e. The largest absolute Gasteiger partial charge is 0.497 e. The van der Waals surface area contributed by atoms with Crippen LogP contribution in [0.5, 0.6) is 11.6 Å². The molecule has 0 radical (unpaired) electrons. The van der Waals surface area contributed by atoms with E-state index in [0.29, 0.717) is 53.6 Å². The number of amides is 2. The van der Waals surface area contributed by atoms with E-state index in [0.717, 1.165) is 38.5 Å². The highest BCUT2D eigenvalue weighted by atomic mass is 32.2. The van der Waals surface area contributed by atoms with Gasteiger partial charge < -0.3 is 19.1 Å². The molecule has 1 N–H and O–H groups in total. The second-order valence-corrected chi connectivity index (χ2v) is 21.1. The van der Waals surface area contributed by atoms with Crippen LogP contribution < -0.4 is 14.2 Å². The first-order valence-corrected chi connectivity index (χ1v) is 22.9. The molecule has 4 aliphatic carbocycles. The molecule has 4 saturated carbocycles. The van der Waals surface area contributed by atoms with Crippen LogP contribution in [0.15, 0.2) is 18.2 Å². The number of Topliss-reactive ketones (excluding diaryl/α,β-unsaturated/α-hetero) is 1. The summed E-state index contributed by atoms with van der Waals surface area (Å²) in [4.78, 5) is 68.2. The molecule has 0 spiro atoms. The van der Waals surface area contributed by atoms with E-state index in [-0.39, 0.29) is 43.7 Å². The first-order chi connectivity index (χ1) is 28.0. The number of aromatic nitrogens is 2. The fourth-order valence-electron chi connectivity index (χ4n) is 10.2. The maximum atomic E-state index is 14.9. The minimum atomic E-state index is -4.03. The highest BCUT2D eigenvalue weighted by Gasteiger charge is 2.63. The molecule has 0 unspecified atom stereocenters. The summed E-state index contributed by atoms with van der Waals surface area (Å²) < 4.78 is 73.5. The van der Waals surface area contributed by atoms with Crippen molar-refractivity contribution in [3.8, 4) is 11.6 Å². The topological polar surface area (TPSA) is 171 Å². The summed E-state index contributed by atoms with van der Waals surface area (Å²) >= 11 is 0. The normalized spacial score (nSPS) is 32.6. The number of ether oxygens (including phenoxy) is 3. The molecule has 1 aromatic heterocycles. The van der Waals surface area contributed by atoms with E-state index in [1.54, 1.807) is 13.2 Å². The summed E-state index contributed by atoms with van der Waals surface area (Å²) in [6.07, 6.45) is 1.69. The Morgan fingerprint density at radius 2 is 1.80 bits per heavy atom. The zero-order chi connectivity index (χ0) is 42.0. The van der Waals surface area contributed by atoms with Gasteiger partial charge in [-0.15, -0.1) is 0 Å². The second-order valence-electron chi connectivity index (χ2n) is 19.1. The summed E-state index contributed by atoms with van der Waals surface area (Å²) in [5.74, 6) is -2.06. The molecule has 8 rings (SSSR count). The SMILES string of the molecule is COc1ccc2nc3c(nc2c1)O[C@@H]1C[C@@H](C(=O)C[C@]2(C(=O)NS(=O)(=O)C4CC4)C[C@H]2CC(F)F)N(C1)C(=O)[C@H](C(C)(C)C)CC(=O)O[C@@H]1C[C@@H]2C[C@@H]2[C@H]1CCCCC3. The van der Waals surface area contributed by atoms with Gasteiger partial charge in [-0.1, -0.05) is 33.6 Å². The van der Waals surface area contributed by atoms with Gasteiger partial charge in [0, 0.05) is 25.3 Å². The molecular weight excluding hydrogens is 787 g/mol. The quantitative estimate of drug-likeness (QED) is 0.296. The third-order valence-corrected chi connectivity index (χ3v) is 15.7. The van der Waals surface area contributed by atoms with E-state index in [4.69, 9.17) is 24.2 Å². The lowest BCUT2D eigenvalue weighted by Gasteiger charge is -2.35. The molecule has 16 heteroatoms. The van der Waals surface area contributed by atoms with Gasteiger partial charge in [-0.05, 0) is 92.6 Å². The van der Waals surface area contributed by atoms with E-state index in [1.165, 1.54) is 4.90 Å². The highest BCUT2D eigenvalue weighted by Crippen LogP contribution is 2.59. The molecule has 1 aromatic carbocycles. The summed E-state index contributed by atoms with van der Waals surface area (Å²) in [6, 6.07) is 4.24. The number of hydrogen-bond acceptors (Lipinski definition) is 11. The molecular formula is C43H56F2N4O9S. The number of carbonyl (C=O) groups excluding carboxylic acids is 4. The molecule has 2 aliphatic heterocycles. The molecule has 2 amide bonds. The number of benzene rings is 1. The van der Waals surface area contributed by atoms with Gasteiger partial charge in [-0.25, -0.2) is 27.2 Å². The lowest BCUT2D eigenvalue weighted by atomic mass is 9.77. The van der Waals surface area contributed by atoms with E-state index in [9.17, 15) is 36.4 Å². The number of nitrogens with zero attached hydrogens (tertiary/aromatic N) is 3. The van der Waals surface area contributed by atoms with Crippen molar-refractivity contribution in [3.63, 3.8) is 0 Å². The summed E-state index contributed by atoms with van der Waals surface area (Å²) in [7, 11) is -2.48. The van der Waals surface area contributed by atoms with Crippen molar-refractivity contribution in [2.24, 2.45) is 40.4 Å². The molecule has 3 heterocycles. The Balaban J connectivity index is 1.13. The fraction of sp³-hybridized carbons (Fsp3) is 0.721. The first kappa shape index (κ1) is 41.8. The first-order valence-electron chi connectivity index (χ1n) is 21.3. The van der Waals surface area contributed by atoms with Crippen LogP contribution in [0.4, 0.5) is 8.78 Å². The van der Waals surface area contributed by atoms with Crippen molar-refractivity contribution in [3.05, 3.63) is 23.9 Å². The van der Waals surface area contributed by atoms with Gasteiger partial charge in [0.05, 0.1) is 53.7 Å². The lowest BCUT2D eigenvalue weighted by Crippen LogP contribution is -2.49. The Kier molecular flexibility index (Phi) is 11.2. The van der Waals surface area contributed by atoms with Gasteiger partial charge in [0.15, 0.2) is 5.78 Å². The molecule has 59 heavy (non-hydrogen) atoms.